The highest BCUT2D eigenvalue weighted by Crippen LogP contribution is 2.32. The molecule has 4 rings (SSSR count). The van der Waals surface area contributed by atoms with Crippen molar-refractivity contribution in [3.05, 3.63) is 53.7 Å². The lowest BCUT2D eigenvalue weighted by Gasteiger charge is -2.13. The molecule has 0 fully saturated rings. The number of hydrogen-bond donors (Lipinski definition) is 1. The van der Waals surface area contributed by atoms with Crippen molar-refractivity contribution < 1.29 is 19.0 Å². The first-order chi connectivity index (χ1) is 12.2. The minimum atomic E-state index is -0.340. The van der Waals surface area contributed by atoms with Crippen LogP contribution in [0.1, 0.15) is 29.3 Å². The Bertz CT molecular complexity index is 919. The molecule has 0 amide bonds. The second-order valence-electron chi connectivity index (χ2n) is 6.08. The molecule has 0 spiro atoms. The van der Waals surface area contributed by atoms with Crippen LogP contribution in [0.3, 0.4) is 0 Å². The van der Waals surface area contributed by atoms with E-state index in [-0.39, 0.29) is 18.9 Å². The van der Waals surface area contributed by atoms with E-state index < -0.39 is 0 Å². The Morgan fingerprint density at radius 2 is 2.16 bits per heavy atom. The summed E-state index contributed by atoms with van der Waals surface area (Å²) in [5.41, 5.74) is 2.34. The average molecular weight is 338 g/mol. The first kappa shape index (κ1) is 15.5. The number of aryl methyl sites for hydroxylation is 1. The summed E-state index contributed by atoms with van der Waals surface area (Å²) in [4.78, 5) is 12.4. The van der Waals surface area contributed by atoms with Crippen molar-refractivity contribution in [2.24, 2.45) is 0 Å². The molecule has 0 saturated carbocycles. The molecule has 0 radical (unpaired) electrons. The van der Waals surface area contributed by atoms with Gasteiger partial charge in [-0.3, -0.25) is 5.10 Å². The van der Waals surface area contributed by atoms with Crippen LogP contribution in [0.2, 0.25) is 0 Å². The van der Waals surface area contributed by atoms with Gasteiger partial charge in [0, 0.05) is 5.39 Å². The molecule has 25 heavy (non-hydrogen) atoms. The predicted molar refractivity (Wildman–Crippen MR) is 91.9 cm³/mol. The van der Waals surface area contributed by atoms with Crippen LogP contribution in [0.15, 0.2) is 42.6 Å². The zero-order valence-electron chi connectivity index (χ0n) is 13.8. The van der Waals surface area contributed by atoms with Gasteiger partial charge in [-0.05, 0) is 43.5 Å². The Hall–Kier alpha value is -3.02. The largest absolute Gasteiger partial charge is 0.459 e. The van der Waals surface area contributed by atoms with Gasteiger partial charge in [0.1, 0.15) is 0 Å². The number of carbonyl (C=O) groups excluding carboxylic acids is 1. The van der Waals surface area contributed by atoms with Gasteiger partial charge < -0.3 is 14.2 Å². The number of nitrogens with zero attached hydrogens (tertiary/aromatic N) is 1. The first-order valence-electron chi connectivity index (χ1n) is 8.22. The van der Waals surface area contributed by atoms with Gasteiger partial charge in [-0.15, -0.1) is 0 Å². The van der Waals surface area contributed by atoms with E-state index in [4.69, 9.17) is 14.2 Å². The second-order valence-corrected chi connectivity index (χ2v) is 6.08. The van der Waals surface area contributed by atoms with Gasteiger partial charge in [0.2, 0.25) is 6.79 Å². The Morgan fingerprint density at radius 3 is 3.08 bits per heavy atom. The highest BCUT2D eigenvalue weighted by Gasteiger charge is 2.17. The fourth-order valence-corrected chi connectivity index (χ4v) is 2.91. The molecule has 1 aromatic heterocycles. The van der Waals surface area contributed by atoms with Crippen LogP contribution in [-0.2, 0) is 11.2 Å². The fourth-order valence-electron chi connectivity index (χ4n) is 2.91. The van der Waals surface area contributed by atoms with Crippen LogP contribution in [-0.4, -0.2) is 29.1 Å². The molecule has 0 aliphatic carbocycles. The van der Waals surface area contributed by atoms with Crippen LogP contribution in [0.5, 0.6) is 11.5 Å². The van der Waals surface area contributed by atoms with E-state index >= 15 is 0 Å². The van der Waals surface area contributed by atoms with Crippen molar-refractivity contribution in [3.63, 3.8) is 0 Å². The molecule has 1 atom stereocenters. The highest BCUT2D eigenvalue weighted by atomic mass is 16.7. The normalized spacial score (nSPS) is 13.8. The van der Waals surface area contributed by atoms with Crippen LogP contribution in [0, 0.1) is 0 Å². The van der Waals surface area contributed by atoms with Crippen LogP contribution in [0.4, 0.5) is 0 Å². The molecular weight excluding hydrogens is 320 g/mol. The van der Waals surface area contributed by atoms with Crippen molar-refractivity contribution in [2.45, 2.75) is 25.9 Å². The lowest BCUT2D eigenvalue weighted by molar-refractivity contribution is 0.0327. The Balaban J connectivity index is 1.38. The number of aromatic amines is 1. The lowest BCUT2D eigenvalue weighted by Crippen LogP contribution is -2.16. The molecule has 1 aliphatic rings. The molecule has 128 valence electrons. The number of para-hydroxylation sites is 1. The molecule has 1 N–H and O–H groups in total. The van der Waals surface area contributed by atoms with Gasteiger partial charge in [-0.2, -0.15) is 5.10 Å². The second kappa shape index (κ2) is 6.47. The number of benzene rings is 2. The molecule has 2 heterocycles. The third-order valence-corrected chi connectivity index (χ3v) is 4.28. The summed E-state index contributed by atoms with van der Waals surface area (Å²) in [6.45, 7) is 2.17. The lowest BCUT2D eigenvalue weighted by atomic mass is 10.1. The van der Waals surface area contributed by atoms with Crippen LogP contribution in [0.25, 0.3) is 10.9 Å². The average Bonchev–Trinajstić information content (AvgIpc) is 3.27. The molecule has 1 aliphatic heterocycles. The summed E-state index contributed by atoms with van der Waals surface area (Å²) < 4.78 is 16.3. The molecule has 1 unspecified atom stereocenters. The Labute approximate surface area is 144 Å². The van der Waals surface area contributed by atoms with Crippen molar-refractivity contribution in [1.82, 2.24) is 10.2 Å². The summed E-state index contributed by atoms with van der Waals surface area (Å²) in [7, 11) is 0. The van der Waals surface area contributed by atoms with E-state index in [1.807, 2.05) is 37.3 Å². The van der Waals surface area contributed by atoms with E-state index in [0.717, 1.165) is 35.3 Å². The Kier molecular flexibility index (Phi) is 4.01. The summed E-state index contributed by atoms with van der Waals surface area (Å²) in [5, 5.41) is 7.71. The van der Waals surface area contributed by atoms with Gasteiger partial charge in [-0.25, -0.2) is 4.79 Å². The number of aromatic nitrogens is 2. The van der Waals surface area contributed by atoms with Gasteiger partial charge in [0.25, 0.3) is 0 Å². The molecule has 0 bridgehead atoms. The maximum absolute atomic E-state index is 12.4. The number of fused-ring (bicyclic) bond motifs is 2. The zero-order valence-corrected chi connectivity index (χ0v) is 13.8. The van der Waals surface area contributed by atoms with E-state index in [1.54, 1.807) is 12.3 Å². The predicted octanol–water partition coefficient (Wildman–Crippen LogP) is 3.47. The highest BCUT2D eigenvalue weighted by molar-refractivity contribution is 6.02. The Morgan fingerprint density at radius 1 is 1.28 bits per heavy atom. The van der Waals surface area contributed by atoms with E-state index in [2.05, 4.69) is 10.2 Å². The van der Waals surface area contributed by atoms with Gasteiger partial charge in [0.15, 0.2) is 11.5 Å². The maximum atomic E-state index is 12.4. The van der Waals surface area contributed by atoms with Crippen molar-refractivity contribution >= 4 is 16.9 Å². The fraction of sp³-hybridized carbons (Fsp3) is 0.263. The third-order valence-electron chi connectivity index (χ3n) is 4.28. The number of rotatable bonds is 5. The minimum absolute atomic E-state index is 0.198. The van der Waals surface area contributed by atoms with Gasteiger partial charge in [0.05, 0.1) is 23.4 Å². The van der Waals surface area contributed by atoms with E-state index in [1.165, 1.54) is 0 Å². The number of carbonyl (C=O) groups is 1. The summed E-state index contributed by atoms with van der Waals surface area (Å²) in [6, 6.07) is 11.4. The quantitative estimate of drug-likeness (QED) is 0.721. The number of esters is 1. The van der Waals surface area contributed by atoms with Crippen LogP contribution < -0.4 is 9.47 Å². The summed E-state index contributed by atoms with van der Waals surface area (Å²) >= 11 is 0. The van der Waals surface area contributed by atoms with Crippen molar-refractivity contribution in [1.29, 1.82) is 0 Å². The van der Waals surface area contributed by atoms with Gasteiger partial charge >= 0.3 is 5.97 Å². The third kappa shape index (κ3) is 3.15. The smallest absolute Gasteiger partial charge is 0.340 e. The van der Waals surface area contributed by atoms with Crippen molar-refractivity contribution in [3.8, 4) is 11.5 Å². The molecule has 3 aromatic rings. The van der Waals surface area contributed by atoms with Gasteiger partial charge in [-0.1, -0.05) is 18.2 Å². The number of nitrogens with one attached hydrogen (secondary N) is 1. The monoisotopic (exact) mass is 338 g/mol. The van der Waals surface area contributed by atoms with Crippen LogP contribution >= 0.6 is 0 Å². The maximum Gasteiger partial charge on any atom is 0.340 e. The number of H-pyrrole nitrogens is 1. The SMILES string of the molecule is CC(CCc1ccc2c(c1)OCO2)OC(=O)c1cccc2cn[nH]c12. The number of ether oxygens (including phenoxy) is 3. The van der Waals surface area contributed by atoms with E-state index in [0.29, 0.717) is 11.1 Å². The molecule has 6 nitrogen and oxygen atoms in total. The minimum Gasteiger partial charge on any atom is -0.459 e. The standard InChI is InChI=1S/C19H18N2O4/c1-12(5-6-13-7-8-16-17(9-13)24-11-23-16)25-19(22)15-4-2-3-14-10-20-21-18(14)15/h2-4,7-10,12H,5-6,11H2,1H3,(H,20,21). The molecule has 2 aromatic carbocycles. The summed E-state index contributed by atoms with van der Waals surface area (Å²) in [6.07, 6.45) is 3.01. The molecule has 0 saturated heterocycles. The van der Waals surface area contributed by atoms with Crippen molar-refractivity contribution in [2.75, 3.05) is 6.79 Å². The van der Waals surface area contributed by atoms with E-state index in [9.17, 15) is 4.79 Å². The zero-order chi connectivity index (χ0) is 17.2. The number of hydrogen-bond acceptors (Lipinski definition) is 5. The summed E-state index contributed by atoms with van der Waals surface area (Å²) in [5.74, 6) is 1.21. The first-order valence-corrected chi connectivity index (χ1v) is 8.22. The molecular formula is C19H18N2O4. The topological polar surface area (TPSA) is 73.4 Å². The molecule has 6 heteroatoms.